The summed E-state index contributed by atoms with van der Waals surface area (Å²) in [4.78, 5) is 22.7. The lowest BCUT2D eigenvalue weighted by molar-refractivity contribution is 0.310. The van der Waals surface area contributed by atoms with Crippen molar-refractivity contribution in [2.45, 2.75) is 37.8 Å². The van der Waals surface area contributed by atoms with Crippen LogP contribution in [0, 0.1) is 0 Å². The normalized spacial score (nSPS) is 18.4. The van der Waals surface area contributed by atoms with Crippen LogP contribution in [0.3, 0.4) is 0 Å². The number of aromatic nitrogens is 6. The first-order chi connectivity index (χ1) is 18.2. The summed E-state index contributed by atoms with van der Waals surface area (Å²) in [6.07, 6.45) is 11.3. The van der Waals surface area contributed by atoms with E-state index in [0.29, 0.717) is 12.8 Å². The number of pyridine rings is 2. The van der Waals surface area contributed by atoms with Gasteiger partial charge in [-0.3, -0.25) is 23.8 Å². The monoisotopic (exact) mass is 531 g/mol. The molecular weight excluding hydrogens is 502 g/mol. The maximum absolute atomic E-state index is 13.4. The zero-order valence-electron chi connectivity index (χ0n) is 21.5. The molecule has 0 amide bonds. The Labute approximate surface area is 220 Å². The maximum atomic E-state index is 13.4. The fourth-order valence-corrected chi connectivity index (χ4v) is 6.43. The Bertz CT molecular complexity index is 1830. The zero-order valence-corrected chi connectivity index (χ0v) is 22.3. The van der Waals surface area contributed by atoms with E-state index in [4.69, 9.17) is 0 Å². The number of benzene rings is 1. The van der Waals surface area contributed by atoms with Gasteiger partial charge in [-0.15, -0.1) is 0 Å². The molecule has 196 valence electrons. The van der Waals surface area contributed by atoms with Gasteiger partial charge in [-0.1, -0.05) is 12.1 Å². The highest BCUT2D eigenvalue weighted by Gasteiger charge is 2.28. The molecular formula is C27H29N7O3S. The molecule has 5 aromatic rings. The first kappa shape index (κ1) is 24.5. The van der Waals surface area contributed by atoms with Crippen LogP contribution in [0.5, 0.6) is 0 Å². The van der Waals surface area contributed by atoms with Crippen molar-refractivity contribution < 1.29 is 8.42 Å². The van der Waals surface area contributed by atoms with E-state index in [-0.39, 0.29) is 17.8 Å². The van der Waals surface area contributed by atoms with Gasteiger partial charge in [-0.25, -0.2) is 17.9 Å². The van der Waals surface area contributed by atoms with Crippen molar-refractivity contribution in [1.29, 1.82) is 0 Å². The third-order valence-corrected chi connectivity index (χ3v) is 8.22. The van der Waals surface area contributed by atoms with E-state index in [1.807, 2.05) is 48.3 Å². The lowest BCUT2D eigenvalue weighted by atomic mass is 9.91. The SMILES string of the molecule is Cn1cc(-c2ccc(-c3ccc4ncc5c(c4c3)n([C@H]3CC[C@H](NS(C)(=O)=O)CC3)c(=O)n5C)cn2)cn1. The average Bonchev–Trinajstić information content (AvgIpc) is 3.44. The second-order valence-corrected chi connectivity index (χ2v) is 11.9. The Hall–Kier alpha value is -3.83. The maximum Gasteiger partial charge on any atom is 0.329 e. The molecule has 1 aliphatic carbocycles. The molecule has 1 N–H and O–H groups in total. The van der Waals surface area contributed by atoms with E-state index >= 15 is 0 Å². The van der Waals surface area contributed by atoms with Crippen LogP contribution < -0.4 is 10.4 Å². The number of nitrogens with zero attached hydrogens (tertiary/aromatic N) is 6. The number of aryl methyl sites for hydroxylation is 2. The van der Waals surface area contributed by atoms with E-state index in [1.54, 1.807) is 28.7 Å². The van der Waals surface area contributed by atoms with Gasteiger partial charge in [0.25, 0.3) is 0 Å². The molecule has 6 rings (SSSR count). The van der Waals surface area contributed by atoms with Crippen molar-refractivity contribution in [3.63, 3.8) is 0 Å². The van der Waals surface area contributed by atoms with Crippen molar-refractivity contribution in [3.8, 4) is 22.4 Å². The van der Waals surface area contributed by atoms with Crippen LogP contribution in [0.15, 0.2) is 59.9 Å². The van der Waals surface area contributed by atoms with Crippen LogP contribution in [0.2, 0.25) is 0 Å². The van der Waals surface area contributed by atoms with E-state index in [0.717, 1.165) is 57.2 Å². The predicted molar refractivity (Wildman–Crippen MR) is 147 cm³/mol. The Kier molecular flexibility index (Phi) is 5.92. The van der Waals surface area contributed by atoms with Crippen molar-refractivity contribution in [3.05, 3.63) is 65.6 Å². The smallest absolute Gasteiger partial charge is 0.293 e. The van der Waals surface area contributed by atoms with Crippen LogP contribution in [-0.2, 0) is 24.1 Å². The minimum absolute atomic E-state index is 0.0153. The van der Waals surface area contributed by atoms with Crippen LogP contribution in [0.25, 0.3) is 44.3 Å². The topological polar surface area (TPSA) is 117 Å². The summed E-state index contributed by atoms with van der Waals surface area (Å²) in [6, 6.07) is 9.99. The average molecular weight is 532 g/mol. The van der Waals surface area contributed by atoms with Gasteiger partial charge in [-0.05, 0) is 49.4 Å². The lowest BCUT2D eigenvalue weighted by Gasteiger charge is -2.29. The number of hydrogen-bond acceptors (Lipinski definition) is 6. The Balaban J connectivity index is 1.40. The van der Waals surface area contributed by atoms with E-state index in [9.17, 15) is 13.2 Å². The molecule has 0 atom stereocenters. The first-order valence-corrected chi connectivity index (χ1v) is 14.5. The Morgan fingerprint density at radius 2 is 1.68 bits per heavy atom. The van der Waals surface area contributed by atoms with Gasteiger partial charge in [0.1, 0.15) is 0 Å². The molecule has 1 aliphatic rings. The summed E-state index contributed by atoms with van der Waals surface area (Å²) in [5.41, 5.74) is 6.14. The molecule has 1 aromatic carbocycles. The summed E-state index contributed by atoms with van der Waals surface area (Å²) >= 11 is 0. The molecule has 11 heteroatoms. The largest absolute Gasteiger partial charge is 0.329 e. The van der Waals surface area contributed by atoms with Crippen molar-refractivity contribution >= 4 is 32.0 Å². The van der Waals surface area contributed by atoms with Crippen LogP contribution >= 0.6 is 0 Å². The van der Waals surface area contributed by atoms with Gasteiger partial charge >= 0.3 is 5.69 Å². The van der Waals surface area contributed by atoms with E-state index in [2.05, 4.69) is 25.9 Å². The Morgan fingerprint density at radius 3 is 2.34 bits per heavy atom. The second kappa shape index (κ2) is 9.17. The number of imidazole rings is 1. The van der Waals surface area contributed by atoms with Gasteiger partial charge in [0.05, 0.1) is 40.9 Å². The summed E-state index contributed by atoms with van der Waals surface area (Å²) < 4.78 is 31.4. The standard InChI is InChI=1S/C27H29N7O3S/c1-32-16-19(14-30-32)23-10-5-18(13-28-23)17-4-11-24-22(12-17)26-25(15-29-24)33(2)27(35)34(26)21-8-6-20(7-9-21)31-38(3,36)37/h4-5,10-16,20-21,31H,6-9H2,1-3H3/t20-,21-. The third kappa shape index (κ3) is 4.41. The molecule has 0 bridgehead atoms. The van der Waals surface area contributed by atoms with E-state index < -0.39 is 10.0 Å². The minimum atomic E-state index is -3.26. The number of hydrogen-bond donors (Lipinski definition) is 1. The highest BCUT2D eigenvalue weighted by atomic mass is 32.2. The molecule has 1 saturated carbocycles. The number of fused-ring (bicyclic) bond motifs is 3. The van der Waals surface area contributed by atoms with Gasteiger partial charge in [-0.2, -0.15) is 5.10 Å². The molecule has 0 saturated heterocycles. The summed E-state index contributed by atoms with van der Waals surface area (Å²) in [5.74, 6) is 0. The quantitative estimate of drug-likeness (QED) is 0.372. The fraction of sp³-hybridized carbons (Fsp3) is 0.333. The van der Waals surface area contributed by atoms with Gasteiger partial charge in [0.2, 0.25) is 10.0 Å². The molecule has 0 radical (unpaired) electrons. The molecule has 0 aliphatic heterocycles. The van der Waals surface area contributed by atoms with Gasteiger partial charge in [0, 0.05) is 55.1 Å². The number of sulfonamides is 1. The second-order valence-electron chi connectivity index (χ2n) is 10.2. The fourth-order valence-electron chi connectivity index (χ4n) is 5.59. The van der Waals surface area contributed by atoms with Crippen molar-refractivity contribution in [2.75, 3.05) is 6.26 Å². The van der Waals surface area contributed by atoms with Crippen LogP contribution in [0.1, 0.15) is 31.7 Å². The van der Waals surface area contributed by atoms with Crippen LogP contribution in [0.4, 0.5) is 0 Å². The Morgan fingerprint density at radius 1 is 0.921 bits per heavy atom. The predicted octanol–water partition coefficient (Wildman–Crippen LogP) is 3.38. The highest BCUT2D eigenvalue weighted by molar-refractivity contribution is 7.88. The van der Waals surface area contributed by atoms with Crippen molar-refractivity contribution in [1.82, 2.24) is 33.6 Å². The molecule has 4 heterocycles. The summed E-state index contributed by atoms with van der Waals surface area (Å²) in [5, 5.41) is 5.13. The molecule has 0 unspecified atom stereocenters. The molecule has 38 heavy (non-hydrogen) atoms. The lowest BCUT2D eigenvalue weighted by Crippen LogP contribution is -2.38. The minimum Gasteiger partial charge on any atom is -0.293 e. The first-order valence-electron chi connectivity index (χ1n) is 12.6. The van der Waals surface area contributed by atoms with Crippen molar-refractivity contribution in [2.24, 2.45) is 14.1 Å². The zero-order chi connectivity index (χ0) is 26.6. The number of nitrogens with one attached hydrogen (secondary N) is 1. The number of rotatable bonds is 5. The molecule has 4 aromatic heterocycles. The van der Waals surface area contributed by atoms with E-state index in [1.165, 1.54) is 6.26 Å². The van der Waals surface area contributed by atoms with Gasteiger partial charge in [0.15, 0.2) is 0 Å². The summed E-state index contributed by atoms with van der Waals surface area (Å²) in [6.45, 7) is 0. The van der Waals surface area contributed by atoms with Gasteiger partial charge < -0.3 is 0 Å². The molecule has 10 nitrogen and oxygen atoms in total. The molecule has 1 fully saturated rings. The third-order valence-electron chi connectivity index (χ3n) is 7.46. The van der Waals surface area contributed by atoms with Crippen LogP contribution in [-0.4, -0.2) is 49.6 Å². The molecule has 0 spiro atoms. The summed E-state index contributed by atoms with van der Waals surface area (Å²) in [7, 11) is 0.390. The highest BCUT2D eigenvalue weighted by Crippen LogP contribution is 2.34.